The van der Waals surface area contributed by atoms with Gasteiger partial charge < -0.3 is 19.7 Å². The van der Waals surface area contributed by atoms with Gasteiger partial charge in [0.25, 0.3) is 5.91 Å². The summed E-state index contributed by atoms with van der Waals surface area (Å²) in [4.78, 5) is 35.8. The number of esters is 1. The van der Waals surface area contributed by atoms with E-state index < -0.39 is 23.4 Å². The van der Waals surface area contributed by atoms with E-state index in [2.05, 4.69) is 5.32 Å². The molecular weight excluding hydrogens is 348 g/mol. The van der Waals surface area contributed by atoms with Crippen LogP contribution < -0.4 is 5.32 Å². The Morgan fingerprint density at radius 2 is 1.89 bits per heavy atom. The highest BCUT2D eigenvalue weighted by atomic mass is 16.5. The SMILES string of the molecule is COC(=O)[C@@H](NC(=O)c1cn(CCCC(=O)O)c2ccccc12)C(C)(C)C. The van der Waals surface area contributed by atoms with Crippen molar-refractivity contribution in [2.75, 3.05) is 7.11 Å². The van der Waals surface area contributed by atoms with Crippen molar-refractivity contribution < 1.29 is 24.2 Å². The third kappa shape index (κ3) is 4.87. The van der Waals surface area contributed by atoms with Gasteiger partial charge in [0.05, 0.1) is 12.7 Å². The molecule has 0 saturated heterocycles. The Morgan fingerprint density at radius 3 is 2.48 bits per heavy atom. The van der Waals surface area contributed by atoms with Gasteiger partial charge in [-0.15, -0.1) is 0 Å². The zero-order valence-electron chi connectivity index (χ0n) is 16.1. The van der Waals surface area contributed by atoms with Gasteiger partial charge >= 0.3 is 11.9 Å². The number of carboxylic acids is 1. The predicted molar refractivity (Wildman–Crippen MR) is 102 cm³/mol. The molecule has 146 valence electrons. The lowest BCUT2D eigenvalue weighted by molar-refractivity contribution is -0.145. The van der Waals surface area contributed by atoms with E-state index in [9.17, 15) is 14.4 Å². The maximum atomic E-state index is 12.9. The summed E-state index contributed by atoms with van der Waals surface area (Å²) in [6, 6.07) is 6.63. The molecule has 7 heteroatoms. The highest BCUT2D eigenvalue weighted by Crippen LogP contribution is 2.24. The number of carbonyl (C=O) groups is 3. The minimum absolute atomic E-state index is 0.0580. The number of fused-ring (bicyclic) bond motifs is 1. The summed E-state index contributed by atoms with van der Waals surface area (Å²) in [5.74, 6) is -1.72. The second kappa shape index (κ2) is 8.24. The molecule has 0 spiro atoms. The number of nitrogens with zero attached hydrogens (tertiary/aromatic N) is 1. The number of carboxylic acid groups (broad SMARTS) is 1. The quantitative estimate of drug-likeness (QED) is 0.726. The van der Waals surface area contributed by atoms with Crippen LogP contribution in [0.15, 0.2) is 30.5 Å². The Labute approximate surface area is 158 Å². The van der Waals surface area contributed by atoms with E-state index in [-0.39, 0.29) is 12.3 Å². The van der Waals surface area contributed by atoms with Crippen LogP contribution >= 0.6 is 0 Å². The van der Waals surface area contributed by atoms with Crippen molar-refractivity contribution in [3.63, 3.8) is 0 Å². The van der Waals surface area contributed by atoms with Gasteiger partial charge in [-0.25, -0.2) is 4.79 Å². The number of aryl methyl sites for hydroxylation is 1. The average molecular weight is 374 g/mol. The second-order valence-corrected chi connectivity index (χ2v) is 7.55. The number of ether oxygens (including phenoxy) is 1. The van der Waals surface area contributed by atoms with Crippen LogP contribution in [0.2, 0.25) is 0 Å². The summed E-state index contributed by atoms with van der Waals surface area (Å²) in [5, 5.41) is 12.4. The number of hydrogen-bond acceptors (Lipinski definition) is 4. The lowest BCUT2D eigenvalue weighted by atomic mass is 9.86. The largest absolute Gasteiger partial charge is 0.481 e. The first-order valence-corrected chi connectivity index (χ1v) is 8.83. The van der Waals surface area contributed by atoms with Gasteiger partial charge in [0, 0.05) is 30.1 Å². The van der Waals surface area contributed by atoms with Crippen molar-refractivity contribution in [2.24, 2.45) is 5.41 Å². The Kier molecular flexibility index (Phi) is 6.25. The summed E-state index contributed by atoms with van der Waals surface area (Å²) in [7, 11) is 1.29. The Bertz CT molecular complexity index is 848. The molecule has 2 aromatic rings. The standard InChI is InChI=1S/C20H26N2O5/c1-20(2,3)17(19(26)27-4)21-18(25)14-12-22(11-7-10-16(23)24)15-9-6-5-8-13(14)15/h5-6,8-9,12,17H,7,10-11H2,1-4H3,(H,21,25)(H,23,24)/t17-/m1/s1. The summed E-state index contributed by atoms with van der Waals surface area (Å²) < 4.78 is 6.70. The zero-order chi connectivity index (χ0) is 20.2. The van der Waals surface area contributed by atoms with Crippen LogP contribution in [0, 0.1) is 5.41 Å². The number of nitrogens with one attached hydrogen (secondary N) is 1. The van der Waals surface area contributed by atoms with Crippen molar-refractivity contribution in [1.29, 1.82) is 0 Å². The molecule has 1 atom stereocenters. The van der Waals surface area contributed by atoms with Crippen molar-refractivity contribution in [3.8, 4) is 0 Å². The van der Waals surface area contributed by atoms with Gasteiger partial charge in [0.1, 0.15) is 6.04 Å². The number of para-hydroxylation sites is 1. The Morgan fingerprint density at radius 1 is 1.22 bits per heavy atom. The molecule has 0 aliphatic rings. The molecule has 0 unspecified atom stereocenters. The molecular formula is C20H26N2O5. The molecule has 1 aromatic heterocycles. The van der Waals surface area contributed by atoms with Crippen LogP contribution in [0.1, 0.15) is 44.0 Å². The van der Waals surface area contributed by atoms with Crippen molar-refractivity contribution in [2.45, 2.75) is 46.2 Å². The van der Waals surface area contributed by atoms with Crippen molar-refractivity contribution >= 4 is 28.7 Å². The number of hydrogen-bond donors (Lipinski definition) is 2. The molecule has 7 nitrogen and oxygen atoms in total. The fraction of sp³-hybridized carbons (Fsp3) is 0.450. The smallest absolute Gasteiger partial charge is 0.328 e. The Balaban J connectivity index is 2.32. The van der Waals surface area contributed by atoms with E-state index in [4.69, 9.17) is 9.84 Å². The molecule has 1 heterocycles. The lowest BCUT2D eigenvalue weighted by Crippen LogP contribution is -2.49. The van der Waals surface area contributed by atoms with Gasteiger partial charge in [-0.3, -0.25) is 9.59 Å². The van der Waals surface area contributed by atoms with Gasteiger partial charge in [0.2, 0.25) is 0 Å². The number of aromatic nitrogens is 1. The topological polar surface area (TPSA) is 97.6 Å². The summed E-state index contributed by atoms with van der Waals surface area (Å²) >= 11 is 0. The van der Waals surface area contributed by atoms with E-state index in [1.807, 2.05) is 49.6 Å². The predicted octanol–water partition coefficient (Wildman–Crippen LogP) is 2.82. The highest BCUT2D eigenvalue weighted by molar-refractivity contribution is 6.08. The molecule has 0 fully saturated rings. The number of carbonyl (C=O) groups excluding carboxylic acids is 2. The fourth-order valence-electron chi connectivity index (χ4n) is 2.97. The number of aliphatic carboxylic acids is 1. The minimum atomic E-state index is -0.851. The van der Waals surface area contributed by atoms with Crippen LogP contribution in [0.3, 0.4) is 0 Å². The maximum absolute atomic E-state index is 12.9. The van der Waals surface area contributed by atoms with Crippen molar-refractivity contribution in [3.05, 3.63) is 36.0 Å². The summed E-state index contributed by atoms with van der Waals surface area (Å²) in [6.07, 6.45) is 2.23. The molecule has 0 bridgehead atoms. The first kappa shape index (κ1) is 20.5. The van der Waals surface area contributed by atoms with Gasteiger partial charge in [-0.05, 0) is 17.9 Å². The molecule has 0 aliphatic carbocycles. The highest BCUT2D eigenvalue weighted by Gasteiger charge is 2.34. The van der Waals surface area contributed by atoms with Gasteiger partial charge in [-0.1, -0.05) is 39.0 Å². The second-order valence-electron chi connectivity index (χ2n) is 7.55. The maximum Gasteiger partial charge on any atom is 0.328 e. The van der Waals surface area contributed by atoms with Crippen LogP contribution in [0.25, 0.3) is 10.9 Å². The monoisotopic (exact) mass is 374 g/mol. The van der Waals surface area contributed by atoms with Crippen LogP contribution in [0.4, 0.5) is 0 Å². The summed E-state index contributed by atoms with van der Waals surface area (Å²) in [5.41, 5.74) is 0.778. The van der Waals surface area contributed by atoms with E-state index in [1.165, 1.54) is 7.11 Å². The molecule has 0 saturated carbocycles. The normalized spacial score (nSPS) is 12.6. The molecule has 2 rings (SSSR count). The molecule has 0 aliphatic heterocycles. The van der Waals surface area contributed by atoms with Crippen LogP contribution in [-0.2, 0) is 20.9 Å². The fourth-order valence-corrected chi connectivity index (χ4v) is 2.97. The average Bonchev–Trinajstić information content (AvgIpc) is 2.96. The third-order valence-electron chi connectivity index (χ3n) is 4.40. The molecule has 2 N–H and O–H groups in total. The zero-order valence-corrected chi connectivity index (χ0v) is 16.1. The third-order valence-corrected chi connectivity index (χ3v) is 4.40. The van der Waals surface area contributed by atoms with E-state index >= 15 is 0 Å². The van der Waals surface area contributed by atoms with E-state index in [1.54, 1.807) is 6.20 Å². The lowest BCUT2D eigenvalue weighted by Gasteiger charge is -2.28. The number of rotatable bonds is 7. The van der Waals surface area contributed by atoms with Crippen LogP contribution in [-0.4, -0.2) is 40.7 Å². The first-order chi connectivity index (χ1) is 12.6. The van der Waals surface area contributed by atoms with E-state index in [0.29, 0.717) is 18.5 Å². The first-order valence-electron chi connectivity index (χ1n) is 8.83. The summed E-state index contributed by atoms with van der Waals surface area (Å²) in [6.45, 7) is 6.04. The molecule has 27 heavy (non-hydrogen) atoms. The van der Waals surface area contributed by atoms with Gasteiger partial charge in [0.15, 0.2) is 0 Å². The molecule has 0 radical (unpaired) electrons. The number of benzene rings is 1. The van der Waals surface area contributed by atoms with E-state index in [0.717, 1.165) is 10.9 Å². The Hall–Kier alpha value is -2.83. The molecule has 1 aromatic carbocycles. The number of methoxy groups -OCH3 is 1. The van der Waals surface area contributed by atoms with Crippen LogP contribution in [0.5, 0.6) is 0 Å². The van der Waals surface area contributed by atoms with Crippen molar-refractivity contribution in [1.82, 2.24) is 9.88 Å². The van der Waals surface area contributed by atoms with Gasteiger partial charge in [-0.2, -0.15) is 0 Å². The minimum Gasteiger partial charge on any atom is -0.481 e. The number of amides is 1. The molecule has 1 amide bonds.